The second-order valence-corrected chi connectivity index (χ2v) is 6.56. The second kappa shape index (κ2) is 7.94. The predicted octanol–water partition coefficient (Wildman–Crippen LogP) is 2.26. The highest BCUT2D eigenvalue weighted by molar-refractivity contribution is 5.32. The van der Waals surface area contributed by atoms with Crippen LogP contribution in [0.5, 0.6) is 5.88 Å². The number of alkyl halides is 2. The second-order valence-electron chi connectivity index (χ2n) is 6.56. The number of aromatic nitrogens is 4. The van der Waals surface area contributed by atoms with Crippen LogP contribution in [0, 0.1) is 0 Å². The van der Waals surface area contributed by atoms with E-state index < -0.39 is 6.43 Å². The summed E-state index contributed by atoms with van der Waals surface area (Å²) in [4.78, 5) is 12.9. The number of aryl methyl sites for hydroxylation is 1. The topological polar surface area (TPSA) is 59.3 Å². The summed E-state index contributed by atoms with van der Waals surface area (Å²) in [5, 5.41) is 3.89. The average Bonchev–Trinajstić information content (AvgIpc) is 3.02. The first-order valence-electron chi connectivity index (χ1n) is 8.60. The maximum atomic E-state index is 13.2. The summed E-state index contributed by atoms with van der Waals surface area (Å²) < 4.78 is 32.9. The predicted molar refractivity (Wildman–Crippen MR) is 93.5 cm³/mol. The van der Waals surface area contributed by atoms with Crippen LogP contribution in [0.15, 0.2) is 18.5 Å². The highest BCUT2D eigenvalue weighted by atomic mass is 19.3. The number of methoxy groups -OCH3 is 1. The van der Waals surface area contributed by atoms with Crippen LogP contribution >= 0.6 is 0 Å². The third kappa shape index (κ3) is 4.09. The van der Waals surface area contributed by atoms with E-state index in [1.54, 1.807) is 32.6 Å². The summed E-state index contributed by atoms with van der Waals surface area (Å²) >= 11 is 0. The van der Waals surface area contributed by atoms with Gasteiger partial charge in [0.2, 0.25) is 11.8 Å². The number of nitrogens with zero attached hydrogens (tertiary/aromatic N) is 6. The smallest absolute Gasteiger partial charge is 0.282 e. The van der Waals surface area contributed by atoms with Gasteiger partial charge >= 0.3 is 0 Å². The maximum Gasteiger partial charge on any atom is 0.282 e. The van der Waals surface area contributed by atoms with Crippen LogP contribution in [-0.4, -0.2) is 57.9 Å². The molecule has 2 aromatic rings. The molecule has 3 rings (SSSR count). The van der Waals surface area contributed by atoms with Crippen molar-refractivity contribution in [2.75, 3.05) is 32.1 Å². The highest BCUT2D eigenvalue weighted by Gasteiger charge is 2.27. The van der Waals surface area contributed by atoms with Crippen molar-refractivity contribution < 1.29 is 13.5 Å². The van der Waals surface area contributed by atoms with Crippen molar-refractivity contribution in [3.63, 3.8) is 0 Å². The Labute approximate surface area is 151 Å². The summed E-state index contributed by atoms with van der Waals surface area (Å²) in [5.74, 6) is 1.12. The molecule has 142 valence electrons. The van der Waals surface area contributed by atoms with Crippen molar-refractivity contribution in [3.05, 3.63) is 29.7 Å². The van der Waals surface area contributed by atoms with Crippen molar-refractivity contribution in [1.82, 2.24) is 24.6 Å². The maximum absolute atomic E-state index is 13.2. The van der Waals surface area contributed by atoms with Gasteiger partial charge in [-0.1, -0.05) is 0 Å². The monoisotopic (exact) mass is 366 g/mol. The van der Waals surface area contributed by atoms with Gasteiger partial charge in [-0.25, -0.2) is 13.8 Å². The molecule has 0 radical (unpaired) electrons. The van der Waals surface area contributed by atoms with E-state index in [2.05, 4.69) is 20.0 Å². The number of anilines is 1. The molecule has 1 aliphatic heterocycles. The minimum atomic E-state index is -2.56. The molecular formula is C17H24F2N6O. The molecule has 1 unspecified atom stereocenters. The summed E-state index contributed by atoms with van der Waals surface area (Å²) in [5.41, 5.74) is 0.461. The third-order valence-electron chi connectivity index (χ3n) is 4.71. The SMILES string of the molecule is COc1ccnc(N(C)C2CCCN(Cc3cn(C)nc3C(F)F)C2)n1. The van der Waals surface area contributed by atoms with Gasteiger partial charge in [-0.05, 0) is 19.4 Å². The van der Waals surface area contributed by atoms with E-state index in [-0.39, 0.29) is 11.7 Å². The molecule has 7 nitrogen and oxygen atoms in total. The van der Waals surface area contributed by atoms with Crippen molar-refractivity contribution >= 4 is 5.95 Å². The zero-order valence-electron chi connectivity index (χ0n) is 15.3. The van der Waals surface area contributed by atoms with Crippen LogP contribution in [0.4, 0.5) is 14.7 Å². The van der Waals surface area contributed by atoms with E-state index in [0.29, 0.717) is 23.9 Å². The first-order chi connectivity index (χ1) is 12.5. The van der Waals surface area contributed by atoms with Gasteiger partial charge in [0.15, 0.2) is 0 Å². The van der Waals surface area contributed by atoms with Crippen LogP contribution < -0.4 is 9.64 Å². The molecule has 1 saturated heterocycles. The van der Waals surface area contributed by atoms with E-state index in [4.69, 9.17) is 4.74 Å². The Morgan fingerprint density at radius 2 is 2.23 bits per heavy atom. The quantitative estimate of drug-likeness (QED) is 0.782. The zero-order chi connectivity index (χ0) is 18.7. The molecule has 0 spiro atoms. The number of halogens is 2. The van der Waals surface area contributed by atoms with E-state index in [9.17, 15) is 8.78 Å². The van der Waals surface area contributed by atoms with Gasteiger partial charge in [0, 0.05) is 57.3 Å². The van der Waals surface area contributed by atoms with Crippen LogP contribution in [0.3, 0.4) is 0 Å². The molecule has 1 fully saturated rings. The van der Waals surface area contributed by atoms with Crippen LogP contribution in [0.1, 0.15) is 30.5 Å². The summed E-state index contributed by atoms with van der Waals surface area (Å²) in [7, 11) is 5.20. The van der Waals surface area contributed by atoms with Crippen LogP contribution in [0.25, 0.3) is 0 Å². The molecule has 0 aromatic carbocycles. The van der Waals surface area contributed by atoms with Gasteiger partial charge in [-0.15, -0.1) is 0 Å². The molecule has 1 aliphatic rings. The molecule has 0 bridgehead atoms. The highest BCUT2D eigenvalue weighted by Crippen LogP contribution is 2.25. The van der Waals surface area contributed by atoms with E-state index in [1.165, 1.54) is 4.68 Å². The molecule has 3 heterocycles. The molecule has 2 aromatic heterocycles. The first kappa shape index (κ1) is 18.5. The number of hydrogen-bond donors (Lipinski definition) is 0. The standard InChI is InChI=1S/C17H24F2N6O/c1-23-9-12(15(22-23)16(18)19)10-25-8-4-5-13(11-25)24(2)17-20-7-6-14(21-17)26-3/h6-7,9,13,16H,4-5,8,10-11H2,1-3H3. The molecule has 26 heavy (non-hydrogen) atoms. The lowest BCUT2D eigenvalue weighted by atomic mass is 10.0. The number of piperidine rings is 1. The van der Waals surface area contributed by atoms with Gasteiger partial charge in [-0.3, -0.25) is 9.58 Å². The van der Waals surface area contributed by atoms with Crippen molar-refractivity contribution in [1.29, 1.82) is 0 Å². The zero-order valence-corrected chi connectivity index (χ0v) is 15.3. The van der Waals surface area contributed by atoms with E-state index in [0.717, 1.165) is 25.9 Å². The van der Waals surface area contributed by atoms with Crippen molar-refractivity contribution in [2.45, 2.75) is 31.9 Å². The molecule has 1 atom stereocenters. The van der Waals surface area contributed by atoms with Gasteiger partial charge < -0.3 is 9.64 Å². The largest absolute Gasteiger partial charge is 0.481 e. The fraction of sp³-hybridized carbons (Fsp3) is 0.588. The number of rotatable bonds is 6. The van der Waals surface area contributed by atoms with E-state index >= 15 is 0 Å². The Hall–Kier alpha value is -2.29. The Bertz CT molecular complexity index is 738. The Morgan fingerprint density at radius 3 is 2.96 bits per heavy atom. The number of likely N-dealkylation sites (N-methyl/N-ethyl adjacent to an activating group) is 1. The normalized spacial score (nSPS) is 18.3. The lowest BCUT2D eigenvalue weighted by Crippen LogP contribution is -2.46. The lowest BCUT2D eigenvalue weighted by Gasteiger charge is -2.37. The first-order valence-corrected chi connectivity index (χ1v) is 8.60. The van der Waals surface area contributed by atoms with Gasteiger partial charge in [0.1, 0.15) is 5.69 Å². The third-order valence-corrected chi connectivity index (χ3v) is 4.71. The fourth-order valence-electron chi connectivity index (χ4n) is 3.37. The Balaban J connectivity index is 1.69. The molecule has 0 aliphatic carbocycles. The molecule has 0 N–H and O–H groups in total. The minimum absolute atomic E-state index is 0.126. The van der Waals surface area contributed by atoms with Crippen molar-refractivity contribution in [2.24, 2.45) is 7.05 Å². The molecule has 0 saturated carbocycles. The minimum Gasteiger partial charge on any atom is -0.481 e. The van der Waals surface area contributed by atoms with Crippen molar-refractivity contribution in [3.8, 4) is 5.88 Å². The summed E-state index contributed by atoms with van der Waals surface area (Å²) in [6.45, 7) is 2.10. The van der Waals surface area contributed by atoms with Gasteiger partial charge in [-0.2, -0.15) is 10.1 Å². The Kier molecular flexibility index (Phi) is 5.65. The van der Waals surface area contributed by atoms with Gasteiger partial charge in [0.05, 0.1) is 7.11 Å². The summed E-state index contributed by atoms with van der Waals surface area (Å²) in [6, 6.07) is 1.92. The lowest BCUT2D eigenvalue weighted by molar-refractivity contribution is 0.140. The van der Waals surface area contributed by atoms with Gasteiger partial charge in [0.25, 0.3) is 6.43 Å². The molecular weight excluding hydrogens is 342 g/mol. The fourth-order valence-corrected chi connectivity index (χ4v) is 3.37. The van der Waals surface area contributed by atoms with Crippen LogP contribution in [0.2, 0.25) is 0 Å². The summed E-state index contributed by atoms with van der Waals surface area (Å²) in [6.07, 6.45) is 2.79. The number of hydrogen-bond acceptors (Lipinski definition) is 6. The number of ether oxygens (including phenoxy) is 1. The molecule has 9 heteroatoms. The molecule has 0 amide bonds. The number of likely N-dealkylation sites (tertiary alicyclic amines) is 1. The average molecular weight is 366 g/mol. The van der Waals surface area contributed by atoms with Crippen LogP contribution in [-0.2, 0) is 13.6 Å². The van der Waals surface area contributed by atoms with E-state index in [1.807, 2.05) is 11.9 Å². The Morgan fingerprint density at radius 1 is 1.42 bits per heavy atom.